The van der Waals surface area contributed by atoms with Gasteiger partial charge in [-0.25, -0.2) is 4.79 Å². The highest BCUT2D eigenvalue weighted by molar-refractivity contribution is 9.11. The number of esters is 1. The zero-order chi connectivity index (χ0) is 12.8. The molecule has 0 aromatic rings. The van der Waals surface area contributed by atoms with Crippen molar-refractivity contribution in [2.45, 2.75) is 40.2 Å². The number of carbonyl (C=O) groups excluding carboxylic acids is 1. The summed E-state index contributed by atoms with van der Waals surface area (Å²) < 4.78 is 6.18. The number of halogens is 1. The zero-order valence-electron chi connectivity index (χ0n) is 10.5. The average molecular weight is 287 g/mol. The fourth-order valence-corrected chi connectivity index (χ4v) is 0.969. The van der Waals surface area contributed by atoms with Gasteiger partial charge < -0.3 is 4.74 Å². The molecular weight excluding hydrogens is 268 g/mol. The predicted octanol–water partition coefficient (Wildman–Crippen LogP) is 4.13. The fraction of sp³-hybridized carbons (Fsp3) is 0.462. The Kier molecular flexibility index (Phi) is 6.34. The first-order chi connectivity index (χ1) is 7.20. The topological polar surface area (TPSA) is 26.3 Å². The standard InChI is InChI=1S/C13H19BrO2/c1-10(6-8-11(2)14)7-9-12(15)16-13(3,4)5/h6-9H,1-5H3/b9-7+,10-6+,11-8+. The molecule has 0 atom stereocenters. The zero-order valence-corrected chi connectivity index (χ0v) is 12.1. The second-order valence-corrected chi connectivity index (χ2v) is 5.78. The Labute approximate surface area is 106 Å². The molecule has 0 spiro atoms. The minimum Gasteiger partial charge on any atom is -0.457 e. The highest BCUT2D eigenvalue weighted by Crippen LogP contribution is 2.08. The van der Waals surface area contributed by atoms with Gasteiger partial charge in [0.05, 0.1) is 0 Å². The van der Waals surface area contributed by atoms with Crippen molar-refractivity contribution in [2.24, 2.45) is 0 Å². The Balaban J connectivity index is 4.34. The van der Waals surface area contributed by atoms with Crippen molar-refractivity contribution in [2.75, 3.05) is 0 Å². The molecule has 0 fully saturated rings. The van der Waals surface area contributed by atoms with Gasteiger partial charge in [0.15, 0.2) is 0 Å². The summed E-state index contributed by atoms with van der Waals surface area (Å²) in [5, 5.41) is 0. The van der Waals surface area contributed by atoms with Crippen molar-refractivity contribution < 1.29 is 9.53 Å². The molecule has 0 saturated heterocycles. The molecule has 3 heteroatoms. The SMILES string of the molecule is C\C(Br)=C/C=C(C)/C=C/C(=O)OC(C)(C)C. The van der Waals surface area contributed by atoms with Crippen molar-refractivity contribution in [3.63, 3.8) is 0 Å². The average Bonchev–Trinajstić information content (AvgIpc) is 2.08. The Morgan fingerprint density at radius 3 is 2.12 bits per heavy atom. The molecule has 0 aliphatic rings. The minimum absolute atomic E-state index is 0.320. The molecule has 0 aromatic carbocycles. The summed E-state index contributed by atoms with van der Waals surface area (Å²) in [4.78, 5) is 11.3. The summed E-state index contributed by atoms with van der Waals surface area (Å²) in [6.45, 7) is 9.41. The number of ether oxygens (including phenoxy) is 1. The smallest absolute Gasteiger partial charge is 0.331 e. The molecule has 0 aliphatic carbocycles. The molecule has 16 heavy (non-hydrogen) atoms. The largest absolute Gasteiger partial charge is 0.457 e. The van der Waals surface area contributed by atoms with Crippen LogP contribution in [0.25, 0.3) is 0 Å². The summed E-state index contributed by atoms with van der Waals surface area (Å²) in [6, 6.07) is 0. The molecule has 0 radical (unpaired) electrons. The van der Waals surface area contributed by atoms with Crippen LogP contribution in [0.4, 0.5) is 0 Å². The van der Waals surface area contributed by atoms with E-state index in [1.54, 1.807) is 6.08 Å². The number of rotatable bonds is 3. The van der Waals surface area contributed by atoms with Crippen LogP contribution in [0.1, 0.15) is 34.6 Å². The highest BCUT2D eigenvalue weighted by atomic mass is 79.9. The van der Waals surface area contributed by atoms with E-state index in [9.17, 15) is 4.79 Å². The third-order valence-corrected chi connectivity index (χ3v) is 1.73. The van der Waals surface area contributed by atoms with E-state index in [1.807, 2.05) is 46.8 Å². The first-order valence-corrected chi connectivity index (χ1v) is 5.92. The van der Waals surface area contributed by atoms with Crippen LogP contribution in [0.5, 0.6) is 0 Å². The van der Waals surface area contributed by atoms with Gasteiger partial charge >= 0.3 is 5.97 Å². The first-order valence-electron chi connectivity index (χ1n) is 5.12. The molecule has 2 nitrogen and oxygen atoms in total. The van der Waals surface area contributed by atoms with Crippen molar-refractivity contribution in [1.29, 1.82) is 0 Å². The Morgan fingerprint density at radius 2 is 1.69 bits per heavy atom. The normalized spacial score (nSPS) is 14.4. The molecule has 90 valence electrons. The van der Waals surface area contributed by atoms with Gasteiger partial charge in [0.1, 0.15) is 5.60 Å². The maximum Gasteiger partial charge on any atom is 0.331 e. The van der Waals surface area contributed by atoms with Crippen molar-refractivity contribution >= 4 is 21.9 Å². The van der Waals surface area contributed by atoms with Crippen LogP contribution in [0.2, 0.25) is 0 Å². The van der Waals surface area contributed by atoms with E-state index in [4.69, 9.17) is 4.74 Å². The second kappa shape index (κ2) is 6.69. The highest BCUT2D eigenvalue weighted by Gasteiger charge is 2.13. The quantitative estimate of drug-likeness (QED) is 0.443. The number of allylic oxidation sites excluding steroid dienone is 5. The Bertz CT molecular complexity index is 326. The third kappa shape index (κ3) is 9.71. The van der Waals surface area contributed by atoms with E-state index in [2.05, 4.69) is 15.9 Å². The van der Waals surface area contributed by atoms with Crippen LogP contribution in [0.3, 0.4) is 0 Å². The van der Waals surface area contributed by atoms with Gasteiger partial charge in [-0.05, 0) is 39.1 Å². The summed E-state index contributed by atoms with van der Waals surface area (Å²) in [5.41, 5.74) is 0.551. The molecule has 0 amide bonds. The second-order valence-electron chi connectivity index (χ2n) is 4.53. The van der Waals surface area contributed by atoms with E-state index < -0.39 is 5.60 Å². The first kappa shape index (κ1) is 15.2. The Morgan fingerprint density at radius 1 is 1.12 bits per heavy atom. The number of carbonyl (C=O) groups is 1. The third-order valence-electron chi connectivity index (χ3n) is 1.46. The molecule has 0 bridgehead atoms. The van der Waals surface area contributed by atoms with Gasteiger partial charge in [-0.1, -0.05) is 39.7 Å². The molecule has 0 unspecified atom stereocenters. The van der Waals surface area contributed by atoms with Gasteiger partial charge in [-0.3, -0.25) is 0 Å². The summed E-state index contributed by atoms with van der Waals surface area (Å²) in [6.07, 6.45) is 7.02. The van der Waals surface area contributed by atoms with Crippen molar-refractivity contribution in [3.8, 4) is 0 Å². The summed E-state index contributed by atoms with van der Waals surface area (Å²) in [7, 11) is 0. The van der Waals surface area contributed by atoms with E-state index in [0.717, 1.165) is 10.1 Å². The lowest BCUT2D eigenvalue weighted by molar-refractivity contribution is -0.148. The lowest BCUT2D eigenvalue weighted by Gasteiger charge is -2.17. The van der Waals surface area contributed by atoms with Gasteiger partial charge in [0.2, 0.25) is 0 Å². The van der Waals surface area contributed by atoms with Gasteiger partial charge in [0, 0.05) is 6.08 Å². The molecule has 0 heterocycles. The van der Waals surface area contributed by atoms with Crippen LogP contribution in [-0.4, -0.2) is 11.6 Å². The molecule has 0 N–H and O–H groups in total. The van der Waals surface area contributed by atoms with Gasteiger partial charge in [-0.15, -0.1) is 0 Å². The summed E-state index contributed by atoms with van der Waals surface area (Å²) >= 11 is 3.32. The van der Waals surface area contributed by atoms with E-state index in [1.165, 1.54) is 6.08 Å². The van der Waals surface area contributed by atoms with Crippen LogP contribution in [0.15, 0.2) is 34.4 Å². The number of hydrogen-bond donors (Lipinski definition) is 0. The number of hydrogen-bond acceptors (Lipinski definition) is 2. The van der Waals surface area contributed by atoms with Crippen LogP contribution in [-0.2, 0) is 9.53 Å². The van der Waals surface area contributed by atoms with Crippen molar-refractivity contribution in [3.05, 3.63) is 34.4 Å². The van der Waals surface area contributed by atoms with Crippen molar-refractivity contribution in [1.82, 2.24) is 0 Å². The van der Waals surface area contributed by atoms with E-state index in [-0.39, 0.29) is 5.97 Å². The molecular formula is C13H19BrO2. The van der Waals surface area contributed by atoms with E-state index >= 15 is 0 Å². The van der Waals surface area contributed by atoms with E-state index in [0.29, 0.717) is 0 Å². The molecule has 0 aromatic heterocycles. The van der Waals surface area contributed by atoms with Crippen LogP contribution in [0, 0.1) is 0 Å². The van der Waals surface area contributed by atoms with Gasteiger partial charge in [-0.2, -0.15) is 0 Å². The van der Waals surface area contributed by atoms with Crippen LogP contribution < -0.4 is 0 Å². The maximum atomic E-state index is 11.3. The van der Waals surface area contributed by atoms with Gasteiger partial charge in [0.25, 0.3) is 0 Å². The van der Waals surface area contributed by atoms with Crippen LogP contribution >= 0.6 is 15.9 Å². The molecule has 0 rings (SSSR count). The lowest BCUT2D eigenvalue weighted by Crippen LogP contribution is -2.22. The maximum absolute atomic E-state index is 11.3. The molecule has 0 saturated carbocycles. The fourth-order valence-electron chi connectivity index (χ4n) is 0.837. The minimum atomic E-state index is -0.439. The Hall–Kier alpha value is -0.830. The monoisotopic (exact) mass is 286 g/mol. The lowest BCUT2D eigenvalue weighted by atomic mass is 10.2. The molecule has 0 aliphatic heterocycles. The predicted molar refractivity (Wildman–Crippen MR) is 71.4 cm³/mol. The summed E-state index contributed by atoms with van der Waals surface area (Å²) in [5.74, 6) is -0.320.